The Hall–Kier alpha value is -1.28. The Labute approximate surface area is 98.1 Å². The van der Waals surface area contributed by atoms with Gasteiger partial charge in [0.25, 0.3) is 0 Å². The highest BCUT2D eigenvalue weighted by Gasteiger charge is 2.08. The van der Waals surface area contributed by atoms with E-state index in [1.165, 1.54) is 5.57 Å². The number of allylic oxidation sites excluding steroid dienone is 1. The van der Waals surface area contributed by atoms with Gasteiger partial charge in [0, 0.05) is 11.6 Å². The number of nitrogens with two attached hydrogens (primary N) is 1. The molecular weight excluding hydrogens is 198 g/mol. The lowest BCUT2D eigenvalue weighted by atomic mass is 10.0. The monoisotopic (exact) mass is 219 g/mol. The Morgan fingerprint density at radius 1 is 1.38 bits per heavy atom. The van der Waals surface area contributed by atoms with Crippen molar-refractivity contribution in [3.63, 3.8) is 0 Å². The van der Waals surface area contributed by atoms with E-state index in [1.807, 2.05) is 24.3 Å². The molecule has 1 atom stereocenters. The topological polar surface area (TPSA) is 35.2 Å². The summed E-state index contributed by atoms with van der Waals surface area (Å²) in [6.07, 6.45) is 2.98. The van der Waals surface area contributed by atoms with Gasteiger partial charge in [-0.25, -0.2) is 0 Å². The van der Waals surface area contributed by atoms with Crippen molar-refractivity contribution in [3.8, 4) is 5.75 Å². The minimum Gasteiger partial charge on any atom is -0.489 e. The van der Waals surface area contributed by atoms with E-state index in [1.54, 1.807) is 0 Å². The number of hydrogen-bond acceptors (Lipinski definition) is 2. The first-order valence-corrected chi connectivity index (χ1v) is 5.75. The van der Waals surface area contributed by atoms with E-state index in [4.69, 9.17) is 10.5 Å². The van der Waals surface area contributed by atoms with Crippen LogP contribution in [0.2, 0.25) is 0 Å². The van der Waals surface area contributed by atoms with Crippen molar-refractivity contribution in [2.45, 2.75) is 33.2 Å². The first-order chi connectivity index (χ1) is 7.65. The van der Waals surface area contributed by atoms with Crippen LogP contribution in [0.4, 0.5) is 0 Å². The van der Waals surface area contributed by atoms with Crippen LogP contribution in [-0.4, -0.2) is 6.61 Å². The fraction of sp³-hybridized carbons (Fsp3) is 0.429. The largest absolute Gasteiger partial charge is 0.489 e. The second-order valence-electron chi connectivity index (χ2n) is 4.15. The molecule has 1 aromatic rings. The lowest BCUT2D eigenvalue weighted by molar-refractivity contribution is 0.354. The van der Waals surface area contributed by atoms with E-state index in [2.05, 4.69) is 26.8 Å². The Bertz CT molecular complexity index is 354. The standard InChI is InChI=1S/C14H21NO/c1-4-13(15)12-7-5-6-8-14(12)16-10-9-11(2)3/h5-9,13H,4,10,15H2,1-3H3/t13-/m1/s1. The smallest absolute Gasteiger partial charge is 0.124 e. The van der Waals surface area contributed by atoms with E-state index in [9.17, 15) is 0 Å². The number of benzene rings is 1. The van der Waals surface area contributed by atoms with Gasteiger partial charge in [-0.2, -0.15) is 0 Å². The normalized spacial score (nSPS) is 12.0. The van der Waals surface area contributed by atoms with E-state index >= 15 is 0 Å². The zero-order valence-corrected chi connectivity index (χ0v) is 10.4. The summed E-state index contributed by atoms with van der Waals surface area (Å²) in [5.41, 5.74) is 8.38. The van der Waals surface area contributed by atoms with Gasteiger partial charge in [0.05, 0.1) is 0 Å². The van der Waals surface area contributed by atoms with Crippen molar-refractivity contribution in [2.75, 3.05) is 6.61 Å². The van der Waals surface area contributed by atoms with E-state index in [0.717, 1.165) is 17.7 Å². The fourth-order valence-corrected chi connectivity index (χ4v) is 1.44. The van der Waals surface area contributed by atoms with Gasteiger partial charge in [0.1, 0.15) is 12.4 Å². The molecule has 0 saturated heterocycles. The molecule has 0 bridgehead atoms. The molecule has 0 aromatic heterocycles. The first kappa shape index (κ1) is 12.8. The Kier molecular flexibility index (Phi) is 5.06. The molecule has 16 heavy (non-hydrogen) atoms. The molecule has 0 heterocycles. The van der Waals surface area contributed by atoms with Crippen LogP contribution in [0.5, 0.6) is 5.75 Å². The summed E-state index contributed by atoms with van der Waals surface area (Å²) >= 11 is 0. The van der Waals surface area contributed by atoms with Crippen molar-refractivity contribution in [3.05, 3.63) is 41.5 Å². The molecule has 2 N–H and O–H groups in total. The summed E-state index contributed by atoms with van der Waals surface area (Å²) < 4.78 is 5.71. The van der Waals surface area contributed by atoms with Gasteiger partial charge in [-0.05, 0) is 32.4 Å². The van der Waals surface area contributed by atoms with Crippen LogP contribution < -0.4 is 10.5 Å². The van der Waals surface area contributed by atoms with Gasteiger partial charge in [-0.15, -0.1) is 0 Å². The van der Waals surface area contributed by atoms with Gasteiger partial charge in [-0.3, -0.25) is 0 Å². The van der Waals surface area contributed by atoms with Crippen LogP contribution >= 0.6 is 0 Å². The summed E-state index contributed by atoms with van der Waals surface area (Å²) in [6, 6.07) is 8.04. The molecule has 0 aliphatic heterocycles. The van der Waals surface area contributed by atoms with Crippen molar-refractivity contribution < 1.29 is 4.74 Å². The van der Waals surface area contributed by atoms with Crippen molar-refractivity contribution in [1.29, 1.82) is 0 Å². The Balaban J connectivity index is 2.75. The molecule has 0 saturated carbocycles. The summed E-state index contributed by atoms with van der Waals surface area (Å²) in [4.78, 5) is 0. The highest BCUT2D eigenvalue weighted by atomic mass is 16.5. The molecule has 0 amide bonds. The number of para-hydroxylation sites is 1. The third-order valence-corrected chi connectivity index (χ3v) is 2.49. The SMILES string of the molecule is CC[C@@H](N)c1ccccc1OCC=C(C)C. The fourth-order valence-electron chi connectivity index (χ4n) is 1.44. The van der Waals surface area contributed by atoms with E-state index in [-0.39, 0.29) is 6.04 Å². The molecule has 0 aliphatic carbocycles. The summed E-state index contributed by atoms with van der Waals surface area (Å²) in [7, 11) is 0. The zero-order chi connectivity index (χ0) is 12.0. The second-order valence-corrected chi connectivity index (χ2v) is 4.15. The van der Waals surface area contributed by atoms with E-state index < -0.39 is 0 Å². The van der Waals surface area contributed by atoms with Crippen molar-refractivity contribution in [2.24, 2.45) is 5.73 Å². The molecule has 2 heteroatoms. The number of rotatable bonds is 5. The molecule has 1 aromatic carbocycles. The van der Waals surface area contributed by atoms with Gasteiger partial charge in [0.15, 0.2) is 0 Å². The first-order valence-electron chi connectivity index (χ1n) is 5.75. The lowest BCUT2D eigenvalue weighted by Crippen LogP contribution is -2.10. The minimum absolute atomic E-state index is 0.0582. The molecule has 0 radical (unpaired) electrons. The maximum atomic E-state index is 6.03. The van der Waals surface area contributed by atoms with Gasteiger partial charge in [0.2, 0.25) is 0 Å². The Morgan fingerprint density at radius 2 is 2.06 bits per heavy atom. The van der Waals surface area contributed by atoms with Gasteiger partial charge in [-0.1, -0.05) is 30.7 Å². The van der Waals surface area contributed by atoms with Crippen LogP contribution in [-0.2, 0) is 0 Å². The average molecular weight is 219 g/mol. The molecule has 2 nitrogen and oxygen atoms in total. The third kappa shape index (κ3) is 3.70. The van der Waals surface area contributed by atoms with Crippen LogP contribution in [0.1, 0.15) is 38.8 Å². The minimum atomic E-state index is 0.0582. The average Bonchev–Trinajstić information content (AvgIpc) is 2.28. The molecule has 1 rings (SSSR count). The van der Waals surface area contributed by atoms with E-state index in [0.29, 0.717) is 6.61 Å². The molecule has 0 fully saturated rings. The number of hydrogen-bond donors (Lipinski definition) is 1. The second kappa shape index (κ2) is 6.33. The molecular formula is C14H21NO. The van der Waals surface area contributed by atoms with Gasteiger partial charge >= 0.3 is 0 Å². The van der Waals surface area contributed by atoms with Crippen LogP contribution in [0.3, 0.4) is 0 Å². The molecule has 88 valence electrons. The van der Waals surface area contributed by atoms with Crippen LogP contribution in [0.25, 0.3) is 0 Å². The van der Waals surface area contributed by atoms with Crippen molar-refractivity contribution in [1.82, 2.24) is 0 Å². The Morgan fingerprint density at radius 3 is 2.69 bits per heavy atom. The number of ether oxygens (including phenoxy) is 1. The highest BCUT2D eigenvalue weighted by Crippen LogP contribution is 2.25. The quantitative estimate of drug-likeness (QED) is 0.770. The van der Waals surface area contributed by atoms with Gasteiger partial charge < -0.3 is 10.5 Å². The summed E-state index contributed by atoms with van der Waals surface area (Å²) in [6.45, 7) is 6.81. The molecule has 0 aliphatic rings. The predicted molar refractivity (Wildman–Crippen MR) is 68.6 cm³/mol. The molecule has 0 spiro atoms. The zero-order valence-electron chi connectivity index (χ0n) is 10.4. The lowest BCUT2D eigenvalue weighted by Gasteiger charge is -2.14. The van der Waals surface area contributed by atoms with Crippen LogP contribution in [0.15, 0.2) is 35.9 Å². The summed E-state index contributed by atoms with van der Waals surface area (Å²) in [5.74, 6) is 0.898. The molecule has 0 unspecified atom stereocenters. The summed E-state index contributed by atoms with van der Waals surface area (Å²) in [5, 5.41) is 0. The predicted octanol–water partition coefficient (Wildman–Crippen LogP) is 3.44. The van der Waals surface area contributed by atoms with Crippen molar-refractivity contribution >= 4 is 0 Å². The highest BCUT2D eigenvalue weighted by molar-refractivity contribution is 5.35. The maximum Gasteiger partial charge on any atom is 0.124 e. The maximum absolute atomic E-state index is 6.03. The van der Waals surface area contributed by atoms with Crippen LogP contribution in [0, 0.1) is 0 Å². The third-order valence-electron chi connectivity index (χ3n) is 2.49.